The van der Waals surface area contributed by atoms with Gasteiger partial charge in [0, 0.05) is 98.0 Å². The molecule has 8 aromatic rings. The predicted octanol–water partition coefficient (Wildman–Crippen LogP) is 16.8. The molecule has 2 saturated heterocycles. The zero-order valence-corrected chi connectivity index (χ0v) is 68.6. The molecule has 0 radical (unpaired) electrons. The molecule has 1 N–H and O–H groups in total. The number of phenolic OH excluding ortho intramolecular Hbond substituents is 1. The van der Waals surface area contributed by atoms with Gasteiger partial charge >= 0.3 is 11.9 Å². The number of phenols is 1. The van der Waals surface area contributed by atoms with Crippen molar-refractivity contribution in [3.63, 3.8) is 0 Å². The van der Waals surface area contributed by atoms with Crippen molar-refractivity contribution in [3.8, 4) is 74.6 Å². The molecule has 2 fully saturated rings. The van der Waals surface area contributed by atoms with E-state index in [9.17, 15) is 25.2 Å². The van der Waals surface area contributed by atoms with Gasteiger partial charge in [-0.1, -0.05) is 148 Å². The highest BCUT2D eigenvalue weighted by atomic mass is 32.2. The monoisotopic (exact) mass is 1560 g/mol. The first-order chi connectivity index (χ1) is 55.3. The van der Waals surface area contributed by atoms with Crippen molar-refractivity contribution in [3.05, 3.63) is 240 Å². The van der Waals surface area contributed by atoms with Crippen LogP contribution in [0.25, 0.3) is 22.3 Å². The summed E-state index contributed by atoms with van der Waals surface area (Å²) in [4.78, 5) is 37.4. The van der Waals surface area contributed by atoms with Crippen molar-refractivity contribution in [2.75, 3.05) is 77.1 Å². The molecule has 8 aromatic carbocycles. The zero-order valence-electron chi connectivity index (χ0n) is 67.0. The smallest absolute Gasteiger partial charge is 0.309 e. The van der Waals surface area contributed by atoms with Crippen LogP contribution in [-0.4, -0.2) is 150 Å². The van der Waals surface area contributed by atoms with E-state index in [1.54, 1.807) is 35.7 Å². The number of nitriles is 2. The number of aryl methyl sites for hydroxylation is 2. The number of carbonyl (C=O) groups is 2. The molecule has 0 amide bonds. The molecule has 17 nitrogen and oxygen atoms in total. The van der Waals surface area contributed by atoms with Crippen LogP contribution in [0, 0.1) is 83.0 Å². The van der Waals surface area contributed by atoms with Gasteiger partial charge in [-0.2, -0.15) is 34.0 Å². The van der Waals surface area contributed by atoms with Crippen LogP contribution >= 0.6 is 23.5 Å². The van der Waals surface area contributed by atoms with Crippen molar-refractivity contribution in [2.45, 2.75) is 160 Å². The summed E-state index contributed by atoms with van der Waals surface area (Å²) in [6.07, 6.45) is 6.02. The Balaban J connectivity index is 0.000000165. The number of nitrogens with zero attached hydrogens (tertiary/aromatic N) is 6. The van der Waals surface area contributed by atoms with Crippen molar-refractivity contribution in [1.82, 2.24) is 19.6 Å². The Labute approximate surface area is 678 Å². The van der Waals surface area contributed by atoms with Crippen molar-refractivity contribution >= 4 is 35.5 Å². The lowest BCUT2D eigenvalue weighted by Gasteiger charge is -2.60. The maximum atomic E-state index is 14.0. The Morgan fingerprint density at radius 3 is 1.30 bits per heavy atom. The Morgan fingerprint density at radius 2 is 0.895 bits per heavy atom. The predicted molar refractivity (Wildman–Crippen MR) is 445 cm³/mol. The van der Waals surface area contributed by atoms with E-state index in [1.165, 1.54) is 72.3 Å². The fourth-order valence-electron chi connectivity index (χ4n) is 21.0. The lowest BCUT2D eigenvalue weighted by atomic mass is 9.70. The second kappa shape index (κ2) is 31.1. The van der Waals surface area contributed by atoms with Gasteiger partial charge in [0.1, 0.15) is 55.8 Å². The van der Waals surface area contributed by atoms with E-state index in [1.807, 2.05) is 41.5 Å². The second-order valence-electron chi connectivity index (χ2n) is 32.7. The summed E-state index contributed by atoms with van der Waals surface area (Å²) in [5, 5.41) is 33.9. The van der Waals surface area contributed by atoms with Gasteiger partial charge in [0.2, 0.25) is 13.6 Å². The summed E-state index contributed by atoms with van der Waals surface area (Å²) in [5.74, 6) is 6.66. The Hall–Kier alpha value is -9.70. The minimum Gasteiger partial charge on any atom is -0.507 e. The molecule has 8 heterocycles. The molecule has 8 aliphatic heterocycles. The zero-order chi connectivity index (χ0) is 79.4. The maximum absolute atomic E-state index is 14.0. The van der Waals surface area contributed by atoms with Gasteiger partial charge < -0.3 is 43.0 Å². The lowest BCUT2D eigenvalue weighted by molar-refractivity contribution is -0.153. The van der Waals surface area contributed by atoms with E-state index in [0.29, 0.717) is 78.5 Å². The maximum Gasteiger partial charge on any atom is 0.309 e. The minimum atomic E-state index is -0.535. The molecule has 12 atom stereocenters. The molecule has 0 saturated carbocycles. The van der Waals surface area contributed by atoms with Crippen molar-refractivity contribution in [2.24, 2.45) is 11.8 Å². The quantitative estimate of drug-likeness (QED) is 0.0560. The number of carbonyl (C=O) groups excluding carboxylic acids is 2. The molecule has 2 aliphatic carbocycles. The number of rotatable bonds is 20. The van der Waals surface area contributed by atoms with E-state index >= 15 is 0 Å². The average Bonchev–Trinajstić information content (AvgIpc) is 1.00. The van der Waals surface area contributed by atoms with Gasteiger partial charge in [-0.15, -0.1) is 0 Å². The van der Waals surface area contributed by atoms with E-state index in [-0.39, 0.29) is 98.7 Å². The summed E-state index contributed by atoms with van der Waals surface area (Å²) in [5.41, 5.74) is 26.5. The molecular formula is C95H100N6O11S2. The van der Waals surface area contributed by atoms with Gasteiger partial charge in [-0.05, 0) is 177 Å². The third-order valence-corrected chi connectivity index (χ3v) is 29.3. The fraction of sp³-hybridized carbons (Fsp3) is 0.411. The lowest BCUT2D eigenvalue weighted by Crippen LogP contribution is -2.68. The van der Waals surface area contributed by atoms with Crippen LogP contribution in [0.1, 0.15) is 156 Å². The molecule has 18 rings (SSSR count). The number of benzene rings is 8. The average molecular weight is 1570 g/mol. The standard InChI is InChI=1S/C48H51N3O5S.C47H49N3O6S/c1-8-17-53-45-30(6)46-47(56-25-55-46)43-36(45)20-39-44-42-29(5)28(4)26(2)18-31(42)19-38(50(44)7)40(21-49)51(39)41(43)22-54-48(52)27(3)23-57-24-37-34-15-11-9-13-32(34)33-14-10-12-16-35(33)37;1-7-16-53-44-28(5)45-46(56-24-55-45)41-34(44)19-37-42-40-29(17-25(2)27(4)43(40)51)18-36(49(42)6)38(20-48)50(37)39(41)21-54-47(52)26(3)22-57-23-35-32-14-10-8-12-30(32)31-13-9-11-15-33(31)35/h8-16,18,27,37-41,44H,1,17,19-20,22-25H2,2-7H3;7-15,17,26,35-39,42,51H,1,16,18-19,21-24H2,2-6H3/t27-,38+,39?,40+,41+,44+;26-,36+,37?,38+,39+,42+/m11/s1. The van der Waals surface area contributed by atoms with Gasteiger partial charge in [0.15, 0.2) is 23.0 Å². The van der Waals surface area contributed by atoms with Crippen LogP contribution in [-0.2, 0) is 44.7 Å². The third kappa shape index (κ3) is 12.6. The minimum absolute atomic E-state index is 0.0214. The molecule has 114 heavy (non-hydrogen) atoms. The fourth-order valence-corrected chi connectivity index (χ4v) is 23.5. The molecule has 0 aromatic heterocycles. The first-order valence-corrected chi connectivity index (χ1v) is 42.5. The number of likely N-dealkylation sites (N-methyl/N-ethyl adjacent to an activating group) is 2. The molecule has 588 valence electrons. The van der Waals surface area contributed by atoms with Crippen LogP contribution < -0.4 is 28.4 Å². The summed E-state index contributed by atoms with van der Waals surface area (Å²) < 4.78 is 50.3. The van der Waals surface area contributed by atoms with E-state index in [0.717, 1.165) is 79.3 Å². The topological polar surface area (TPSA) is 189 Å². The number of thioether (sulfide) groups is 2. The normalized spacial score (nSPS) is 23.3. The molecular weight excluding hydrogens is 1470 g/mol. The number of piperazine rings is 2. The van der Waals surface area contributed by atoms with E-state index in [2.05, 4.69) is 189 Å². The van der Waals surface area contributed by atoms with Crippen molar-refractivity contribution < 1.29 is 52.6 Å². The Morgan fingerprint density at radius 1 is 0.518 bits per heavy atom. The SMILES string of the molecule is C=CCOc1c(C)c2c(c3c1CC1[C@H]4c5c(cc(C)c(C)c5C)C[C@@H]([C@H](C#N)N1[C@H]3COC(=O)[C@H](C)CSCC1c3ccccc3-c3ccccc31)N4C)OCO2.C=CCOc1c(C)c2c(c3c1CC1[C@H]4c5c(cc(C)c(C)c5O)C[C@@H]([C@H](C#N)N1[C@H]3COC(=O)[C@H](C)CSCC1c3ccccc3-c3ccccc31)N4C)OCO2. The second-order valence-corrected chi connectivity index (χ2v) is 34.9. The van der Waals surface area contributed by atoms with Crippen LogP contribution in [0.2, 0.25) is 0 Å². The van der Waals surface area contributed by atoms with Crippen LogP contribution in [0.15, 0.2) is 135 Å². The van der Waals surface area contributed by atoms with Crippen LogP contribution in [0.5, 0.6) is 40.2 Å². The van der Waals surface area contributed by atoms with Gasteiger partial charge in [0.05, 0.1) is 48.1 Å². The van der Waals surface area contributed by atoms with Gasteiger partial charge in [-0.3, -0.25) is 29.2 Å². The number of ether oxygens (including phenoxy) is 8. The summed E-state index contributed by atoms with van der Waals surface area (Å²) in [6, 6.07) is 41.8. The number of hydrogen-bond donors (Lipinski definition) is 1. The summed E-state index contributed by atoms with van der Waals surface area (Å²) in [6.45, 7) is 27.2. The molecule has 10 aliphatic rings. The van der Waals surface area contributed by atoms with Crippen LogP contribution in [0.3, 0.4) is 0 Å². The largest absolute Gasteiger partial charge is 0.507 e. The van der Waals surface area contributed by atoms with E-state index in [4.69, 9.17) is 37.9 Å². The highest BCUT2D eigenvalue weighted by Gasteiger charge is 2.59. The third-order valence-electron chi connectivity index (χ3n) is 26.7. The highest BCUT2D eigenvalue weighted by molar-refractivity contribution is 7.99. The first-order valence-electron chi connectivity index (χ1n) is 40.2. The van der Waals surface area contributed by atoms with Gasteiger partial charge in [0.25, 0.3) is 0 Å². The molecule has 0 spiro atoms. The van der Waals surface area contributed by atoms with Crippen molar-refractivity contribution in [1.29, 1.82) is 10.5 Å². The summed E-state index contributed by atoms with van der Waals surface area (Å²) >= 11 is 3.58. The summed E-state index contributed by atoms with van der Waals surface area (Å²) in [7, 11) is 4.25. The van der Waals surface area contributed by atoms with Crippen LogP contribution in [0.4, 0.5) is 0 Å². The Kier molecular flexibility index (Phi) is 21.0. The van der Waals surface area contributed by atoms with E-state index < -0.39 is 24.2 Å². The number of aromatic hydroxyl groups is 1. The molecule has 19 heteroatoms. The number of hydrogen-bond acceptors (Lipinski definition) is 19. The number of fused-ring (bicyclic) bond motifs is 24. The molecule has 2 unspecified atom stereocenters. The first kappa shape index (κ1) is 76.9. The highest BCUT2D eigenvalue weighted by Crippen LogP contribution is 2.61. The number of esters is 2. The Bertz CT molecular complexity index is 4900. The molecule has 4 bridgehead atoms. The van der Waals surface area contributed by atoms with Gasteiger partial charge in [-0.25, -0.2) is 0 Å².